The van der Waals surface area contributed by atoms with Crippen molar-refractivity contribution in [1.82, 2.24) is 20.1 Å². The van der Waals surface area contributed by atoms with Gasteiger partial charge in [-0.1, -0.05) is 48.9 Å². The Morgan fingerprint density at radius 3 is 2.83 bits per heavy atom. The number of fused-ring (bicyclic) bond motifs is 1. The maximum absolute atomic E-state index is 4.30. The molecule has 24 heavy (non-hydrogen) atoms. The Morgan fingerprint density at radius 2 is 2.00 bits per heavy atom. The lowest BCUT2D eigenvalue weighted by Gasteiger charge is -2.19. The Balaban J connectivity index is 1.55. The van der Waals surface area contributed by atoms with Crippen LogP contribution in [0.25, 0.3) is 5.69 Å². The highest BCUT2D eigenvalue weighted by Crippen LogP contribution is 2.36. The summed E-state index contributed by atoms with van der Waals surface area (Å²) < 4.78 is 2.05. The summed E-state index contributed by atoms with van der Waals surface area (Å²) in [5.41, 5.74) is 5.32. The minimum Gasteiger partial charge on any atom is -0.303 e. The van der Waals surface area contributed by atoms with Crippen molar-refractivity contribution >= 4 is 0 Å². The highest BCUT2D eigenvalue weighted by molar-refractivity contribution is 5.38. The highest BCUT2D eigenvalue weighted by Gasteiger charge is 2.29. The minimum atomic E-state index is 0.376. The van der Waals surface area contributed by atoms with Crippen molar-refractivity contribution in [1.29, 1.82) is 0 Å². The van der Waals surface area contributed by atoms with Gasteiger partial charge in [0, 0.05) is 11.7 Å². The number of nitrogens with one attached hydrogen (secondary N) is 1. The zero-order valence-corrected chi connectivity index (χ0v) is 14.1. The quantitative estimate of drug-likeness (QED) is 0.799. The van der Waals surface area contributed by atoms with Crippen LogP contribution >= 0.6 is 0 Å². The monoisotopic (exact) mass is 318 g/mol. The molecule has 0 saturated heterocycles. The molecule has 0 aliphatic heterocycles. The van der Waals surface area contributed by atoms with Gasteiger partial charge in [0.1, 0.15) is 6.33 Å². The first kappa shape index (κ1) is 15.1. The second-order valence-electron chi connectivity index (χ2n) is 6.69. The van der Waals surface area contributed by atoms with Gasteiger partial charge in [0.05, 0.1) is 6.54 Å². The van der Waals surface area contributed by atoms with Crippen molar-refractivity contribution in [2.75, 3.05) is 0 Å². The van der Waals surface area contributed by atoms with Gasteiger partial charge < -0.3 is 5.32 Å². The molecule has 1 heterocycles. The van der Waals surface area contributed by atoms with Crippen molar-refractivity contribution in [2.45, 2.75) is 32.9 Å². The van der Waals surface area contributed by atoms with Crippen LogP contribution in [0.15, 0.2) is 54.9 Å². The summed E-state index contributed by atoms with van der Waals surface area (Å²) in [6.45, 7) is 5.18. The largest absolute Gasteiger partial charge is 0.303 e. The summed E-state index contributed by atoms with van der Waals surface area (Å²) in [6, 6.07) is 17.4. The predicted octanol–water partition coefficient (Wildman–Crippen LogP) is 3.60. The Hall–Kier alpha value is -2.46. The normalized spacial score (nSPS) is 19.4. The van der Waals surface area contributed by atoms with Crippen molar-refractivity contribution in [3.63, 3.8) is 0 Å². The molecular weight excluding hydrogens is 296 g/mol. The third kappa shape index (κ3) is 2.74. The van der Waals surface area contributed by atoms with E-state index >= 15 is 0 Å². The maximum Gasteiger partial charge on any atom is 0.151 e. The average molecular weight is 318 g/mol. The van der Waals surface area contributed by atoms with Gasteiger partial charge in [-0.15, -0.1) is 10.2 Å². The Morgan fingerprint density at radius 1 is 1.17 bits per heavy atom. The van der Waals surface area contributed by atoms with Crippen LogP contribution < -0.4 is 5.32 Å². The van der Waals surface area contributed by atoms with E-state index in [1.54, 1.807) is 6.33 Å². The van der Waals surface area contributed by atoms with Crippen LogP contribution in [0.4, 0.5) is 0 Å². The molecule has 4 heteroatoms. The van der Waals surface area contributed by atoms with Gasteiger partial charge in [-0.25, -0.2) is 0 Å². The molecule has 0 fully saturated rings. The first-order chi connectivity index (χ1) is 11.7. The van der Waals surface area contributed by atoms with E-state index in [0.29, 0.717) is 18.5 Å². The van der Waals surface area contributed by atoms with E-state index in [-0.39, 0.29) is 0 Å². The minimum absolute atomic E-state index is 0.376. The molecule has 4 nitrogen and oxygen atoms in total. The van der Waals surface area contributed by atoms with Gasteiger partial charge >= 0.3 is 0 Å². The molecule has 0 saturated carbocycles. The van der Waals surface area contributed by atoms with Crippen LogP contribution in [-0.2, 0) is 13.0 Å². The van der Waals surface area contributed by atoms with E-state index < -0.39 is 0 Å². The Labute approximate surface area is 142 Å². The molecule has 1 aliphatic rings. The maximum atomic E-state index is 4.30. The van der Waals surface area contributed by atoms with Crippen LogP contribution in [0, 0.1) is 12.8 Å². The first-order valence-electron chi connectivity index (χ1n) is 8.49. The lowest BCUT2D eigenvalue weighted by atomic mass is 10.0. The van der Waals surface area contributed by atoms with Crippen LogP contribution in [0.3, 0.4) is 0 Å². The predicted molar refractivity (Wildman–Crippen MR) is 95.0 cm³/mol. The molecular formula is C20H22N4. The fourth-order valence-electron chi connectivity index (χ4n) is 3.66. The van der Waals surface area contributed by atoms with Gasteiger partial charge in [-0.2, -0.15) is 0 Å². The molecule has 4 rings (SSSR count). The van der Waals surface area contributed by atoms with Crippen LogP contribution in [0.1, 0.15) is 35.5 Å². The third-order valence-electron chi connectivity index (χ3n) is 4.88. The molecule has 0 amide bonds. The van der Waals surface area contributed by atoms with Gasteiger partial charge in [-0.3, -0.25) is 4.57 Å². The Kier molecular flexibility index (Phi) is 3.90. The zero-order chi connectivity index (χ0) is 16.5. The van der Waals surface area contributed by atoms with Crippen molar-refractivity contribution in [2.24, 2.45) is 5.92 Å². The van der Waals surface area contributed by atoms with Gasteiger partial charge in [0.25, 0.3) is 0 Å². The lowest BCUT2D eigenvalue weighted by Crippen LogP contribution is -2.25. The fraction of sp³-hybridized carbons (Fsp3) is 0.300. The molecule has 0 radical (unpaired) electrons. The topological polar surface area (TPSA) is 42.7 Å². The van der Waals surface area contributed by atoms with E-state index in [1.807, 2.05) is 22.8 Å². The number of aryl methyl sites for hydroxylation is 1. The van der Waals surface area contributed by atoms with E-state index in [4.69, 9.17) is 0 Å². The van der Waals surface area contributed by atoms with Crippen molar-refractivity contribution in [3.05, 3.63) is 77.4 Å². The average Bonchev–Trinajstić information content (AvgIpc) is 3.17. The molecule has 3 aromatic rings. The number of hydrogen-bond acceptors (Lipinski definition) is 3. The van der Waals surface area contributed by atoms with Gasteiger partial charge in [0.2, 0.25) is 0 Å². The summed E-state index contributed by atoms with van der Waals surface area (Å²) in [5.74, 6) is 1.53. The second-order valence-corrected chi connectivity index (χ2v) is 6.69. The van der Waals surface area contributed by atoms with Gasteiger partial charge in [0.15, 0.2) is 5.82 Å². The fourth-order valence-corrected chi connectivity index (χ4v) is 3.66. The van der Waals surface area contributed by atoms with Crippen molar-refractivity contribution in [3.8, 4) is 5.69 Å². The van der Waals surface area contributed by atoms with E-state index in [2.05, 4.69) is 59.7 Å². The summed E-state index contributed by atoms with van der Waals surface area (Å²) in [6.07, 6.45) is 2.92. The zero-order valence-electron chi connectivity index (χ0n) is 14.1. The molecule has 0 bridgehead atoms. The summed E-state index contributed by atoms with van der Waals surface area (Å²) in [4.78, 5) is 0. The third-order valence-corrected chi connectivity index (χ3v) is 4.88. The number of nitrogens with zero attached hydrogens (tertiary/aromatic N) is 3. The number of hydrogen-bond donors (Lipinski definition) is 1. The second kappa shape index (κ2) is 6.21. The van der Waals surface area contributed by atoms with Gasteiger partial charge in [-0.05, 0) is 42.5 Å². The SMILES string of the molecule is Cc1ccc2c(c1)[C@H](NCc1nncn1-c1ccccc1)[C@@H](C)C2. The summed E-state index contributed by atoms with van der Waals surface area (Å²) >= 11 is 0. The summed E-state index contributed by atoms with van der Waals surface area (Å²) in [5, 5.41) is 12.1. The van der Waals surface area contributed by atoms with Crippen molar-refractivity contribution < 1.29 is 0 Å². The highest BCUT2D eigenvalue weighted by atomic mass is 15.3. The number of benzene rings is 2. The van der Waals surface area contributed by atoms with E-state index in [9.17, 15) is 0 Å². The molecule has 122 valence electrons. The molecule has 1 aliphatic carbocycles. The Bertz CT molecular complexity index is 838. The van der Waals surface area contributed by atoms with E-state index in [0.717, 1.165) is 17.9 Å². The van der Waals surface area contributed by atoms with Crippen LogP contribution in [-0.4, -0.2) is 14.8 Å². The molecule has 1 aromatic heterocycles. The standard InChI is InChI=1S/C20H22N4/c1-14-8-9-16-11-15(2)20(18(16)10-14)21-12-19-23-22-13-24(19)17-6-4-3-5-7-17/h3-10,13,15,20-21H,11-12H2,1-2H3/t15-,20+/m0/s1. The smallest absolute Gasteiger partial charge is 0.151 e. The molecule has 1 N–H and O–H groups in total. The molecule has 0 spiro atoms. The summed E-state index contributed by atoms with van der Waals surface area (Å²) in [7, 11) is 0. The number of aromatic nitrogens is 3. The first-order valence-corrected chi connectivity index (χ1v) is 8.49. The number of para-hydroxylation sites is 1. The molecule has 2 aromatic carbocycles. The lowest BCUT2D eigenvalue weighted by molar-refractivity contribution is 0.409. The van der Waals surface area contributed by atoms with Crippen LogP contribution in [0.5, 0.6) is 0 Å². The molecule has 2 atom stereocenters. The molecule has 0 unspecified atom stereocenters. The number of rotatable bonds is 4. The van der Waals surface area contributed by atoms with E-state index in [1.165, 1.54) is 16.7 Å². The van der Waals surface area contributed by atoms with Crippen LogP contribution in [0.2, 0.25) is 0 Å².